The summed E-state index contributed by atoms with van der Waals surface area (Å²) in [4.78, 5) is 11.5. The maximum Gasteiger partial charge on any atom is 0.341 e. The summed E-state index contributed by atoms with van der Waals surface area (Å²) in [5.74, 6) is -0.309. The van der Waals surface area contributed by atoms with E-state index in [1.807, 2.05) is 18.2 Å². The monoisotopic (exact) mass is 258 g/mol. The van der Waals surface area contributed by atoms with E-state index in [0.29, 0.717) is 12.2 Å². The van der Waals surface area contributed by atoms with Gasteiger partial charge in [0.05, 0.1) is 18.4 Å². The van der Waals surface area contributed by atoms with Crippen LogP contribution in [0.4, 0.5) is 0 Å². The normalized spacial score (nSPS) is 10.4. The van der Waals surface area contributed by atoms with E-state index in [1.165, 1.54) is 5.56 Å². The predicted octanol–water partition coefficient (Wildman–Crippen LogP) is 2.69. The minimum Gasteiger partial charge on any atom is -0.462 e. The van der Waals surface area contributed by atoms with Crippen LogP contribution in [0, 0.1) is 0 Å². The van der Waals surface area contributed by atoms with Crippen molar-refractivity contribution < 1.29 is 9.53 Å². The second-order valence-electron chi connectivity index (χ2n) is 4.30. The molecule has 1 aromatic carbocycles. The summed E-state index contributed by atoms with van der Waals surface area (Å²) in [5, 5.41) is 4.17. The number of benzene rings is 1. The van der Waals surface area contributed by atoms with E-state index in [1.54, 1.807) is 24.0 Å². The fourth-order valence-electron chi connectivity index (χ4n) is 1.90. The van der Waals surface area contributed by atoms with Crippen molar-refractivity contribution >= 4 is 5.97 Å². The largest absolute Gasteiger partial charge is 0.462 e. The van der Waals surface area contributed by atoms with E-state index in [-0.39, 0.29) is 5.97 Å². The topological polar surface area (TPSA) is 44.1 Å². The molecular formula is C15H18N2O2. The van der Waals surface area contributed by atoms with Crippen molar-refractivity contribution in [1.82, 2.24) is 9.78 Å². The Bertz CT molecular complexity index is 520. The Morgan fingerprint density at radius 2 is 2.11 bits per heavy atom. The van der Waals surface area contributed by atoms with Crippen LogP contribution in [-0.4, -0.2) is 22.4 Å². The molecule has 0 spiro atoms. The van der Waals surface area contributed by atoms with Gasteiger partial charge in [-0.2, -0.15) is 5.10 Å². The van der Waals surface area contributed by atoms with Crippen LogP contribution in [0.5, 0.6) is 0 Å². The number of hydrogen-bond acceptors (Lipinski definition) is 3. The zero-order chi connectivity index (χ0) is 13.5. The van der Waals surface area contributed by atoms with Gasteiger partial charge in [-0.05, 0) is 25.3 Å². The molecule has 0 atom stereocenters. The first-order valence-corrected chi connectivity index (χ1v) is 6.53. The summed E-state index contributed by atoms with van der Waals surface area (Å²) in [6, 6.07) is 10.3. The van der Waals surface area contributed by atoms with Crippen molar-refractivity contribution in [3.8, 4) is 0 Å². The van der Waals surface area contributed by atoms with Crippen molar-refractivity contribution in [3.63, 3.8) is 0 Å². The molecule has 4 heteroatoms. The summed E-state index contributed by atoms with van der Waals surface area (Å²) < 4.78 is 6.71. The molecule has 2 rings (SSSR count). The number of aryl methyl sites for hydroxylation is 2. The summed E-state index contributed by atoms with van der Waals surface area (Å²) >= 11 is 0. The number of rotatable bonds is 6. The maximum atomic E-state index is 11.5. The number of ether oxygens (including phenoxy) is 1. The van der Waals surface area contributed by atoms with Crippen LogP contribution >= 0.6 is 0 Å². The average Bonchev–Trinajstić information content (AvgIpc) is 2.89. The average molecular weight is 258 g/mol. The zero-order valence-electron chi connectivity index (χ0n) is 11.1. The lowest BCUT2D eigenvalue weighted by Crippen LogP contribution is -2.04. The van der Waals surface area contributed by atoms with Gasteiger partial charge in [0.1, 0.15) is 0 Å². The van der Waals surface area contributed by atoms with Gasteiger partial charge >= 0.3 is 5.97 Å². The molecule has 0 fully saturated rings. The Balaban J connectivity index is 1.82. The standard InChI is InChI=1S/C15H18N2O2/c1-2-19-15(18)14-11-16-17(12-14)10-6-9-13-7-4-3-5-8-13/h3-5,7-8,11-12H,2,6,9-10H2,1H3. The number of nitrogens with zero attached hydrogens (tertiary/aromatic N) is 2. The van der Waals surface area contributed by atoms with Gasteiger partial charge in [-0.1, -0.05) is 30.3 Å². The quantitative estimate of drug-likeness (QED) is 0.748. The smallest absolute Gasteiger partial charge is 0.341 e. The van der Waals surface area contributed by atoms with Crippen LogP contribution in [-0.2, 0) is 17.7 Å². The van der Waals surface area contributed by atoms with Crippen molar-refractivity contribution in [2.24, 2.45) is 0 Å². The van der Waals surface area contributed by atoms with E-state index in [0.717, 1.165) is 19.4 Å². The second-order valence-corrected chi connectivity index (χ2v) is 4.30. The van der Waals surface area contributed by atoms with Crippen LogP contribution in [0.1, 0.15) is 29.3 Å². The van der Waals surface area contributed by atoms with E-state index in [2.05, 4.69) is 17.2 Å². The number of aromatic nitrogens is 2. The number of esters is 1. The molecule has 2 aromatic rings. The van der Waals surface area contributed by atoms with Gasteiger partial charge in [-0.3, -0.25) is 4.68 Å². The number of carbonyl (C=O) groups is 1. The highest BCUT2D eigenvalue weighted by Crippen LogP contribution is 2.05. The molecule has 0 aliphatic carbocycles. The van der Waals surface area contributed by atoms with E-state index in [4.69, 9.17) is 4.74 Å². The maximum absolute atomic E-state index is 11.5. The fraction of sp³-hybridized carbons (Fsp3) is 0.333. The molecular weight excluding hydrogens is 240 g/mol. The molecule has 0 bridgehead atoms. The van der Waals surface area contributed by atoms with Crippen LogP contribution in [0.2, 0.25) is 0 Å². The third-order valence-corrected chi connectivity index (χ3v) is 2.84. The van der Waals surface area contributed by atoms with Gasteiger partial charge in [-0.25, -0.2) is 4.79 Å². The zero-order valence-corrected chi connectivity index (χ0v) is 11.1. The Morgan fingerprint density at radius 1 is 1.32 bits per heavy atom. The van der Waals surface area contributed by atoms with Gasteiger partial charge in [0, 0.05) is 12.7 Å². The molecule has 0 unspecified atom stereocenters. The van der Waals surface area contributed by atoms with Crippen molar-refractivity contribution in [1.29, 1.82) is 0 Å². The van der Waals surface area contributed by atoms with Crippen LogP contribution in [0.25, 0.3) is 0 Å². The highest BCUT2D eigenvalue weighted by Gasteiger charge is 2.08. The van der Waals surface area contributed by atoms with Gasteiger partial charge in [0.2, 0.25) is 0 Å². The van der Waals surface area contributed by atoms with Crippen LogP contribution in [0.3, 0.4) is 0 Å². The lowest BCUT2D eigenvalue weighted by Gasteiger charge is -2.02. The number of carbonyl (C=O) groups excluding carboxylic acids is 1. The molecule has 0 radical (unpaired) electrons. The lowest BCUT2D eigenvalue weighted by atomic mass is 10.1. The molecule has 100 valence electrons. The number of hydrogen-bond donors (Lipinski definition) is 0. The van der Waals surface area contributed by atoms with Gasteiger partial charge in [0.15, 0.2) is 0 Å². The van der Waals surface area contributed by atoms with E-state index >= 15 is 0 Å². The van der Waals surface area contributed by atoms with E-state index < -0.39 is 0 Å². The fourth-order valence-corrected chi connectivity index (χ4v) is 1.90. The SMILES string of the molecule is CCOC(=O)c1cnn(CCCc2ccccc2)c1. The van der Waals surface area contributed by atoms with Crippen molar-refractivity contribution in [2.45, 2.75) is 26.3 Å². The molecule has 0 N–H and O–H groups in total. The molecule has 0 saturated carbocycles. The molecule has 4 nitrogen and oxygen atoms in total. The first-order valence-electron chi connectivity index (χ1n) is 6.53. The van der Waals surface area contributed by atoms with Crippen molar-refractivity contribution in [3.05, 3.63) is 53.9 Å². The molecule has 19 heavy (non-hydrogen) atoms. The van der Waals surface area contributed by atoms with Gasteiger partial charge < -0.3 is 4.74 Å². The summed E-state index contributed by atoms with van der Waals surface area (Å²) in [6.45, 7) is 2.98. The minimum absolute atomic E-state index is 0.309. The van der Waals surface area contributed by atoms with E-state index in [9.17, 15) is 4.79 Å². The molecule has 0 aliphatic rings. The highest BCUT2D eigenvalue weighted by atomic mass is 16.5. The molecule has 1 heterocycles. The summed E-state index contributed by atoms with van der Waals surface area (Å²) in [5.41, 5.74) is 1.84. The Kier molecular flexibility index (Phi) is 4.72. The van der Waals surface area contributed by atoms with Crippen LogP contribution in [0.15, 0.2) is 42.7 Å². The molecule has 1 aromatic heterocycles. The third-order valence-electron chi connectivity index (χ3n) is 2.84. The lowest BCUT2D eigenvalue weighted by molar-refractivity contribution is 0.0526. The van der Waals surface area contributed by atoms with Gasteiger partial charge in [-0.15, -0.1) is 0 Å². The molecule has 0 amide bonds. The Labute approximate surface area is 113 Å². The van der Waals surface area contributed by atoms with Gasteiger partial charge in [0.25, 0.3) is 0 Å². The molecule has 0 saturated heterocycles. The summed E-state index contributed by atoms with van der Waals surface area (Å²) in [6.07, 6.45) is 5.30. The predicted molar refractivity (Wildman–Crippen MR) is 72.9 cm³/mol. The minimum atomic E-state index is -0.309. The second kappa shape index (κ2) is 6.73. The van der Waals surface area contributed by atoms with Crippen molar-refractivity contribution in [2.75, 3.05) is 6.61 Å². The first kappa shape index (κ1) is 13.3. The summed E-state index contributed by atoms with van der Waals surface area (Å²) in [7, 11) is 0. The highest BCUT2D eigenvalue weighted by molar-refractivity contribution is 5.88. The Morgan fingerprint density at radius 3 is 2.84 bits per heavy atom. The molecule has 0 aliphatic heterocycles. The first-order chi connectivity index (χ1) is 9.29. The Hall–Kier alpha value is -2.10. The van der Waals surface area contributed by atoms with Crippen LogP contribution < -0.4 is 0 Å². The third kappa shape index (κ3) is 3.95.